The number of nitrogens with zero attached hydrogens (tertiary/aromatic N) is 2. The molecule has 0 fully saturated rings. The van der Waals surface area contributed by atoms with Gasteiger partial charge < -0.3 is 14.4 Å². The maximum atomic E-state index is 8.31. The summed E-state index contributed by atoms with van der Waals surface area (Å²) in [6.07, 6.45) is 2.78. The number of para-hydroxylation sites is 1. The molecule has 3 heterocycles. The molecule has 10 rings (SSSR count). The third-order valence-electron chi connectivity index (χ3n) is 9.41. The molecule has 0 saturated heterocycles. The number of aryl methyl sites for hydroxylation is 3. The fourth-order valence-electron chi connectivity index (χ4n) is 6.92. The van der Waals surface area contributed by atoms with E-state index in [1.54, 1.807) is 12.1 Å². The van der Waals surface area contributed by atoms with Gasteiger partial charge in [-0.05, 0) is 91.8 Å². The molecule has 0 amide bonds. The summed E-state index contributed by atoms with van der Waals surface area (Å²) in [5.74, 6) is 0. The number of furan rings is 1. The summed E-state index contributed by atoms with van der Waals surface area (Å²) in [5, 5.41) is 8.88. The summed E-state index contributed by atoms with van der Waals surface area (Å²) in [7, 11) is 0. The Kier molecular flexibility index (Phi) is 6.75. The predicted molar refractivity (Wildman–Crippen MR) is 216 cm³/mol. The van der Waals surface area contributed by atoms with Gasteiger partial charge in [-0.15, -0.1) is 53.6 Å². The molecule has 1 radical (unpaired) electrons. The largest absolute Gasteiger partial charge is 0.501 e. The molecule has 0 aliphatic rings. The van der Waals surface area contributed by atoms with Crippen molar-refractivity contribution in [3.8, 4) is 33.6 Å². The topological polar surface area (TPSA) is 38.9 Å². The van der Waals surface area contributed by atoms with Gasteiger partial charge in [-0.3, -0.25) is 0 Å². The Balaban J connectivity index is 0.000000214. The number of pyridine rings is 2. The van der Waals surface area contributed by atoms with Crippen LogP contribution in [0.1, 0.15) is 29.0 Å². The summed E-state index contributed by atoms with van der Waals surface area (Å²) >= 11 is 0. The van der Waals surface area contributed by atoms with Gasteiger partial charge in [0.05, 0.1) is 5.58 Å². The minimum absolute atomic E-state index is 0. The fourth-order valence-corrected chi connectivity index (χ4v) is 6.92. The zero-order valence-electron chi connectivity index (χ0n) is 37.1. The Morgan fingerprint density at radius 1 is 0.547 bits per heavy atom. The maximum absolute atomic E-state index is 8.31. The zero-order chi connectivity index (χ0) is 42.7. The normalized spacial score (nSPS) is 14.4. The van der Waals surface area contributed by atoms with E-state index >= 15 is 0 Å². The molecular formula is C49H34IrN2O-2. The summed E-state index contributed by atoms with van der Waals surface area (Å²) < 4.78 is 74.8. The van der Waals surface area contributed by atoms with Crippen LogP contribution in [-0.4, -0.2) is 9.97 Å². The predicted octanol–water partition coefficient (Wildman–Crippen LogP) is 13.0. The van der Waals surface area contributed by atoms with Crippen LogP contribution in [0.5, 0.6) is 0 Å². The van der Waals surface area contributed by atoms with Crippen LogP contribution >= 0.6 is 0 Å². The number of aromatic nitrogens is 2. The summed E-state index contributed by atoms with van der Waals surface area (Å²) in [6, 6.07) is 50.4. The molecule has 0 bridgehead atoms. The minimum Gasteiger partial charge on any atom is -0.501 e. The van der Waals surface area contributed by atoms with Crippen molar-refractivity contribution in [2.24, 2.45) is 0 Å². The number of rotatable bonds is 3. The third kappa shape index (κ3) is 6.31. The van der Waals surface area contributed by atoms with E-state index in [0.29, 0.717) is 33.7 Å². The van der Waals surface area contributed by atoms with E-state index < -0.39 is 20.6 Å². The molecule has 10 aromatic rings. The quantitative estimate of drug-likeness (QED) is 0.131. The molecule has 3 nitrogen and oxygen atoms in total. The van der Waals surface area contributed by atoms with Crippen LogP contribution in [0, 0.1) is 32.7 Å². The molecule has 7 aromatic carbocycles. The van der Waals surface area contributed by atoms with Crippen molar-refractivity contribution in [2.45, 2.75) is 20.6 Å². The molecule has 257 valence electrons. The Morgan fingerprint density at radius 3 is 1.91 bits per heavy atom. The molecule has 0 aliphatic carbocycles. The molecule has 0 atom stereocenters. The van der Waals surface area contributed by atoms with E-state index in [0.717, 1.165) is 38.1 Å². The second-order valence-corrected chi connectivity index (χ2v) is 12.6. The Hall–Kier alpha value is -5.93. The first-order valence-electron chi connectivity index (χ1n) is 21.3. The van der Waals surface area contributed by atoms with Gasteiger partial charge in [0, 0.05) is 50.2 Å². The first-order chi connectivity index (χ1) is 29.1. The first kappa shape index (κ1) is 25.1. The average molecular weight is 868 g/mol. The Morgan fingerprint density at radius 2 is 1.23 bits per heavy atom. The van der Waals surface area contributed by atoms with Crippen molar-refractivity contribution >= 4 is 54.3 Å². The van der Waals surface area contributed by atoms with Crippen LogP contribution < -0.4 is 0 Å². The summed E-state index contributed by atoms with van der Waals surface area (Å²) in [4.78, 5) is 8.70. The molecule has 53 heavy (non-hydrogen) atoms. The van der Waals surface area contributed by atoms with Crippen molar-refractivity contribution in [1.29, 1.82) is 0 Å². The SMILES string of the molecule is [2H]C([2H])([2H])c1c[c-]c(-c2ccc(C([2H])([2H])[2H])cn2)cc1.[2H]C([2H])([2H])c1cnc(-c2[c-]ccc3c2oc2ccccc23)cc1-c1ccc2c3ccccc3c3ccccc3c2c1.[Ir]. The first-order valence-corrected chi connectivity index (χ1v) is 16.8. The standard InChI is InChI=1S/C36H22NO.C13H12N.Ir/c1-22-21-37-34(31-15-8-14-30-29-13-6-7-16-35(29)38-36(30)31)20-32(22)23-17-18-28-26-11-3-2-9-24(26)25-10-4-5-12-27(25)33(28)19-23;1-10-3-6-12(7-4-10)13-8-5-11(2)9-14-13;/h2-14,16-21H,1H3;3-6,8-9H,1-2H3;/q2*-1;/i1D3;1D3,2D3;. The van der Waals surface area contributed by atoms with Crippen molar-refractivity contribution in [1.82, 2.24) is 9.97 Å². The van der Waals surface area contributed by atoms with Gasteiger partial charge in [0.1, 0.15) is 5.58 Å². The average Bonchev–Trinajstić information content (AvgIpc) is 3.65. The third-order valence-corrected chi connectivity index (χ3v) is 9.41. The molecule has 0 spiro atoms. The molecule has 0 N–H and O–H groups in total. The van der Waals surface area contributed by atoms with E-state index in [2.05, 4.69) is 76.7 Å². The van der Waals surface area contributed by atoms with Crippen molar-refractivity contribution in [3.63, 3.8) is 0 Å². The number of hydrogen-bond acceptors (Lipinski definition) is 3. The second kappa shape index (κ2) is 14.2. The Bertz CT molecular complexity index is 3170. The van der Waals surface area contributed by atoms with Crippen LogP contribution in [-0.2, 0) is 20.1 Å². The van der Waals surface area contributed by atoms with Crippen LogP contribution in [0.2, 0.25) is 0 Å². The molecule has 3 aromatic heterocycles. The van der Waals surface area contributed by atoms with Crippen LogP contribution in [0.25, 0.3) is 87.9 Å². The van der Waals surface area contributed by atoms with E-state index in [9.17, 15) is 0 Å². The minimum atomic E-state index is -2.34. The number of fused-ring (bicyclic) bond motifs is 9. The number of benzene rings is 7. The van der Waals surface area contributed by atoms with Gasteiger partial charge in [0.2, 0.25) is 0 Å². The molecule has 0 unspecified atom stereocenters. The van der Waals surface area contributed by atoms with Gasteiger partial charge in [-0.25, -0.2) is 0 Å². The fraction of sp³-hybridized carbons (Fsp3) is 0.0612. The van der Waals surface area contributed by atoms with Crippen LogP contribution in [0.3, 0.4) is 0 Å². The van der Waals surface area contributed by atoms with E-state index in [1.807, 2.05) is 54.6 Å². The van der Waals surface area contributed by atoms with Crippen molar-refractivity contribution < 1.29 is 36.9 Å². The van der Waals surface area contributed by atoms with E-state index in [1.165, 1.54) is 46.8 Å². The molecular weight excluding hydrogens is 825 g/mol. The summed E-state index contributed by atoms with van der Waals surface area (Å²) in [6.45, 7) is -6.68. The van der Waals surface area contributed by atoms with Crippen molar-refractivity contribution in [2.75, 3.05) is 0 Å². The van der Waals surface area contributed by atoms with Gasteiger partial charge in [0.15, 0.2) is 0 Å². The van der Waals surface area contributed by atoms with Gasteiger partial charge in [0.25, 0.3) is 0 Å². The van der Waals surface area contributed by atoms with E-state index in [4.69, 9.17) is 16.8 Å². The molecule has 0 aliphatic heterocycles. The van der Waals surface area contributed by atoms with Gasteiger partial charge in [-0.1, -0.05) is 115 Å². The van der Waals surface area contributed by atoms with Crippen LogP contribution in [0.4, 0.5) is 0 Å². The van der Waals surface area contributed by atoms with Crippen molar-refractivity contribution in [3.05, 3.63) is 181 Å². The van der Waals surface area contributed by atoms with Gasteiger partial charge in [-0.2, -0.15) is 0 Å². The smallest absolute Gasteiger partial charge is 0.120 e. The van der Waals surface area contributed by atoms with Gasteiger partial charge >= 0.3 is 0 Å². The van der Waals surface area contributed by atoms with E-state index in [-0.39, 0.29) is 36.8 Å². The zero-order valence-corrected chi connectivity index (χ0v) is 30.5. The van der Waals surface area contributed by atoms with Crippen LogP contribution in [0.15, 0.2) is 156 Å². The summed E-state index contributed by atoms with van der Waals surface area (Å²) in [5.41, 5.74) is 5.99. The Labute approximate surface area is 335 Å². The molecule has 4 heteroatoms. The second-order valence-electron chi connectivity index (χ2n) is 12.6. The maximum Gasteiger partial charge on any atom is 0.120 e. The molecule has 0 saturated carbocycles. The number of hydrogen-bond donors (Lipinski definition) is 0. The monoisotopic (exact) mass is 868 g/mol.